The van der Waals surface area contributed by atoms with Gasteiger partial charge < -0.3 is 5.73 Å². The van der Waals surface area contributed by atoms with E-state index in [1.54, 1.807) is 11.8 Å². The lowest BCUT2D eigenvalue weighted by Gasteiger charge is -2.10. The molecule has 0 aliphatic heterocycles. The molecule has 0 radical (unpaired) electrons. The van der Waals surface area contributed by atoms with Gasteiger partial charge in [0.1, 0.15) is 0 Å². The van der Waals surface area contributed by atoms with E-state index in [0.29, 0.717) is 11.9 Å². The Labute approximate surface area is 79.3 Å². The van der Waals surface area contributed by atoms with Crippen molar-refractivity contribution < 1.29 is 0 Å². The lowest BCUT2D eigenvalue weighted by Crippen LogP contribution is -2.01. The van der Waals surface area contributed by atoms with Gasteiger partial charge in [-0.1, -0.05) is 5.57 Å². The predicted molar refractivity (Wildman–Crippen MR) is 58.6 cm³/mol. The first-order valence-corrected chi connectivity index (χ1v) is 5.05. The number of thioether (sulfide) groups is 1. The summed E-state index contributed by atoms with van der Waals surface area (Å²) in [6, 6.07) is 0.300. The second-order valence-electron chi connectivity index (χ2n) is 2.97. The van der Waals surface area contributed by atoms with Crippen molar-refractivity contribution in [3.63, 3.8) is 0 Å². The van der Waals surface area contributed by atoms with Gasteiger partial charge >= 0.3 is 0 Å². The fraction of sp³-hybridized carbons (Fsp3) is 0.667. The molecule has 1 atom stereocenters. The summed E-state index contributed by atoms with van der Waals surface area (Å²) in [6.07, 6.45) is 0.966. The molecule has 0 aliphatic rings. The Kier molecular flexibility index (Phi) is 6.11. The van der Waals surface area contributed by atoms with Crippen LogP contribution in [0.5, 0.6) is 0 Å². The molecule has 12 heavy (non-hydrogen) atoms. The van der Waals surface area contributed by atoms with Gasteiger partial charge in [0.05, 0.1) is 6.04 Å². The molecule has 0 saturated heterocycles. The van der Waals surface area contributed by atoms with E-state index in [1.165, 1.54) is 10.5 Å². The molecular weight excluding hydrogens is 168 g/mol. The van der Waals surface area contributed by atoms with Crippen molar-refractivity contribution in [2.45, 2.75) is 33.2 Å². The van der Waals surface area contributed by atoms with Crippen LogP contribution in [0.25, 0.3) is 0 Å². The van der Waals surface area contributed by atoms with Crippen molar-refractivity contribution >= 4 is 18.5 Å². The van der Waals surface area contributed by atoms with Crippen LogP contribution in [0.3, 0.4) is 0 Å². The highest BCUT2D eigenvalue weighted by Gasteiger charge is 2.04. The molecule has 0 amide bonds. The van der Waals surface area contributed by atoms with Gasteiger partial charge in [-0.3, -0.25) is 4.99 Å². The average molecular weight is 186 g/mol. The Hall–Kier alpha value is -0.280. The molecule has 0 bridgehead atoms. The minimum Gasteiger partial charge on any atom is -0.322 e. The minimum absolute atomic E-state index is 0.300. The van der Waals surface area contributed by atoms with Crippen LogP contribution in [0, 0.1) is 0 Å². The van der Waals surface area contributed by atoms with Crippen LogP contribution in [0.1, 0.15) is 27.2 Å². The molecule has 0 heterocycles. The van der Waals surface area contributed by atoms with Crippen LogP contribution in [0.15, 0.2) is 15.5 Å². The van der Waals surface area contributed by atoms with Crippen LogP contribution >= 0.6 is 11.8 Å². The van der Waals surface area contributed by atoms with Crippen LogP contribution in [-0.2, 0) is 0 Å². The zero-order chi connectivity index (χ0) is 9.56. The van der Waals surface area contributed by atoms with Crippen LogP contribution in [0.4, 0.5) is 0 Å². The first-order valence-electron chi connectivity index (χ1n) is 4.06. The van der Waals surface area contributed by atoms with Gasteiger partial charge in [0.25, 0.3) is 0 Å². The monoisotopic (exact) mass is 186 g/mol. The first kappa shape index (κ1) is 11.7. The third-order valence-corrected chi connectivity index (χ3v) is 2.70. The zero-order valence-electron chi connectivity index (χ0n) is 8.13. The Morgan fingerprint density at radius 3 is 2.50 bits per heavy atom. The summed E-state index contributed by atoms with van der Waals surface area (Å²) in [5.74, 6) is 0.643. The molecule has 0 aliphatic carbocycles. The van der Waals surface area contributed by atoms with Gasteiger partial charge in [0, 0.05) is 12.3 Å². The molecule has 2 N–H and O–H groups in total. The van der Waals surface area contributed by atoms with Crippen LogP contribution in [0.2, 0.25) is 0 Å². The lowest BCUT2D eigenvalue weighted by atomic mass is 10.2. The predicted octanol–water partition coefficient (Wildman–Crippen LogP) is 2.41. The highest BCUT2D eigenvalue weighted by Crippen LogP contribution is 2.24. The summed E-state index contributed by atoms with van der Waals surface area (Å²) < 4.78 is 0. The molecule has 1 unspecified atom stereocenters. The summed E-state index contributed by atoms with van der Waals surface area (Å²) >= 11 is 1.70. The Bertz CT molecular complexity index is 171. The van der Waals surface area contributed by atoms with E-state index in [1.807, 2.05) is 0 Å². The van der Waals surface area contributed by atoms with E-state index in [9.17, 15) is 0 Å². The van der Waals surface area contributed by atoms with Gasteiger partial charge in [-0.15, -0.1) is 11.8 Å². The number of hydrogen-bond donors (Lipinski definition) is 1. The first-order chi connectivity index (χ1) is 5.61. The SMILES string of the molecule is C=NC(C)CC(SCN)=C(C)C. The van der Waals surface area contributed by atoms with Crippen molar-refractivity contribution in [1.29, 1.82) is 0 Å². The molecule has 0 fully saturated rings. The topological polar surface area (TPSA) is 38.4 Å². The van der Waals surface area contributed by atoms with E-state index >= 15 is 0 Å². The summed E-state index contributed by atoms with van der Waals surface area (Å²) in [7, 11) is 0. The number of nitrogens with zero attached hydrogens (tertiary/aromatic N) is 1. The highest BCUT2D eigenvalue weighted by molar-refractivity contribution is 8.03. The summed E-state index contributed by atoms with van der Waals surface area (Å²) in [4.78, 5) is 5.30. The molecule has 0 spiro atoms. The van der Waals surface area contributed by atoms with Crippen molar-refractivity contribution in [2.24, 2.45) is 10.7 Å². The standard InChI is InChI=1S/C9H18N2S/c1-7(2)9(12-6-10)5-8(3)11-4/h8H,4-6,10H2,1-3H3. The maximum atomic E-state index is 5.47. The zero-order valence-corrected chi connectivity index (χ0v) is 8.95. The third-order valence-electron chi connectivity index (χ3n) is 1.61. The van der Waals surface area contributed by atoms with Crippen molar-refractivity contribution in [3.8, 4) is 0 Å². The van der Waals surface area contributed by atoms with Gasteiger partial charge in [0.2, 0.25) is 0 Å². The lowest BCUT2D eigenvalue weighted by molar-refractivity contribution is 0.755. The molecule has 70 valence electrons. The molecule has 0 aromatic heterocycles. The van der Waals surface area contributed by atoms with Gasteiger partial charge in [-0.25, -0.2) is 0 Å². The van der Waals surface area contributed by atoms with Crippen LogP contribution < -0.4 is 5.73 Å². The molecular formula is C9H18N2S. The smallest absolute Gasteiger partial charge is 0.0509 e. The Morgan fingerprint density at radius 1 is 1.58 bits per heavy atom. The number of allylic oxidation sites excluding steroid dienone is 1. The normalized spacial score (nSPS) is 12.3. The number of rotatable bonds is 5. The molecule has 0 rings (SSSR count). The quantitative estimate of drug-likeness (QED) is 0.529. The van der Waals surface area contributed by atoms with E-state index < -0.39 is 0 Å². The second-order valence-corrected chi connectivity index (χ2v) is 4.08. The van der Waals surface area contributed by atoms with E-state index in [-0.39, 0.29) is 0 Å². The molecule has 0 aromatic rings. The summed E-state index contributed by atoms with van der Waals surface area (Å²) in [5.41, 5.74) is 6.80. The van der Waals surface area contributed by atoms with Crippen molar-refractivity contribution in [2.75, 3.05) is 5.88 Å². The molecule has 0 saturated carbocycles. The van der Waals surface area contributed by atoms with Gasteiger partial charge in [-0.2, -0.15) is 0 Å². The molecule has 0 aromatic carbocycles. The number of aliphatic imine (C=N–C) groups is 1. The molecule has 3 heteroatoms. The third kappa shape index (κ3) is 4.57. The highest BCUT2D eigenvalue weighted by atomic mass is 32.2. The summed E-state index contributed by atoms with van der Waals surface area (Å²) in [6.45, 7) is 9.79. The summed E-state index contributed by atoms with van der Waals surface area (Å²) in [5, 5.41) is 0. The maximum Gasteiger partial charge on any atom is 0.0509 e. The minimum atomic E-state index is 0.300. The number of hydrogen-bond acceptors (Lipinski definition) is 3. The fourth-order valence-electron chi connectivity index (χ4n) is 0.841. The van der Waals surface area contributed by atoms with Crippen molar-refractivity contribution in [3.05, 3.63) is 10.5 Å². The van der Waals surface area contributed by atoms with Crippen LogP contribution in [-0.4, -0.2) is 18.6 Å². The Balaban J connectivity index is 4.15. The fourth-order valence-corrected chi connectivity index (χ4v) is 1.69. The van der Waals surface area contributed by atoms with Gasteiger partial charge in [0.15, 0.2) is 0 Å². The van der Waals surface area contributed by atoms with E-state index in [4.69, 9.17) is 5.73 Å². The van der Waals surface area contributed by atoms with Gasteiger partial charge in [-0.05, 0) is 32.4 Å². The second kappa shape index (κ2) is 6.26. The van der Waals surface area contributed by atoms with Crippen molar-refractivity contribution in [1.82, 2.24) is 0 Å². The maximum absolute atomic E-state index is 5.47. The number of nitrogens with two attached hydrogens (primary N) is 1. The molecule has 2 nitrogen and oxygen atoms in total. The largest absolute Gasteiger partial charge is 0.322 e. The van der Waals surface area contributed by atoms with E-state index in [0.717, 1.165) is 6.42 Å². The van der Waals surface area contributed by atoms with E-state index in [2.05, 4.69) is 32.5 Å². The average Bonchev–Trinajstić information content (AvgIpc) is 2.03. The Morgan fingerprint density at radius 2 is 2.17 bits per heavy atom.